The van der Waals surface area contributed by atoms with E-state index in [0.29, 0.717) is 11.3 Å². The molecule has 0 saturated heterocycles. The Hall–Kier alpha value is -2.82. The fourth-order valence-corrected chi connectivity index (χ4v) is 2.18. The summed E-state index contributed by atoms with van der Waals surface area (Å²) in [6.45, 7) is 0. The second-order valence-corrected chi connectivity index (χ2v) is 4.55. The minimum absolute atomic E-state index is 0.0876. The van der Waals surface area contributed by atoms with Crippen molar-refractivity contribution in [1.82, 2.24) is 4.98 Å². The summed E-state index contributed by atoms with van der Waals surface area (Å²) in [7, 11) is 1.48. The lowest BCUT2D eigenvalue weighted by molar-refractivity contribution is 0.102. The smallest absolute Gasteiger partial charge is 0.257 e. The molecule has 4 nitrogen and oxygen atoms in total. The van der Waals surface area contributed by atoms with Gasteiger partial charge in [0.25, 0.3) is 5.91 Å². The van der Waals surface area contributed by atoms with E-state index in [4.69, 9.17) is 4.74 Å². The maximum atomic E-state index is 13.7. The third-order valence-corrected chi connectivity index (χ3v) is 3.26. The molecule has 3 rings (SSSR count). The highest BCUT2D eigenvalue weighted by Gasteiger charge is 2.14. The maximum Gasteiger partial charge on any atom is 0.257 e. The lowest BCUT2D eigenvalue weighted by atomic mass is 10.1. The number of rotatable bonds is 3. The molecule has 0 bridgehead atoms. The van der Waals surface area contributed by atoms with Crippen LogP contribution < -0.4 is 10.1 Å². The highest BCUT2D eigenvalue weighted by Crippen LogP contribution is 2.23. The van der Waals surface area contributed by atoms with Gasteiger partial charge in [-0.3, -0.25) is 4.79 Å². The number of aromatic amines is 1. The van der Waals surface area contributed by atoms with E-state index in [1.807, 2.05) is 24.3 Å². The van der Waals surface area contributed by atoms with Crippen LogP contribution >= 0.6 is 0 Å². The Kier molecular flexibility index (Phi) is 3.31. The van der Waals surface area contributed by atoms with Crippen molar-refractivity contribution >= 4 is 22.5 Å². The van der Waals surface area contributed by atoms with E-state index in [1.54, 1.807) is 6.20 Å². The average molecular weight is 284 g/mol. The van der Waals surface area contributed by atoms with E-state index >= 15 is 0 Å². The number of carbonyl (C=O) groups excluding carboxylic acids is 1. The molecule has 2 N–H and O–H groups in total. The number of amides is 1. The molecule has 1 amide bonds. The minimum Gasteiger partial charge on any atom is -0.497 e. The van der Waals surface area contributed by atoms with Crippen molar-refractivity contribution in [2.24, 2.45) is 0 Å². The zero-order valence-corrected chi connectivity index (χ0v) is 11.3. The third-order valence-electron chi connectivity index (χ3n) is 3.26. The van der Waals surface area contributed by atoms with Crippen LogP contribution in [0.25, 0.3) is 10.9 Å². The molecule has 5 heteroatoms. The number of nitrogens with one attached hydrogen (secondary N) is 2. The Bertz CT molecular complexity index is 811. The number of hydrogen-bond donors (Lipinski definition) is 2. The van der Waals surface area contributed by atoms with Crippen molar-refractivity contribution in [2.75, 3.05) is 12.4 Å². The standard InChI is InChI=1S/C16H13FN2O2/c1-21-10-6-7-13(17)15(8-10)19-16(20)12-9-18-14-5-3-2-4-11(12)14/h2-9,18H,1H3,(H,19,20). The first-order valence-electron chi connectivity index (χ1n) is 6.40. The summed E-state index contributed by atoms with van der Waals surface area (Å²) in [4.78, 5) is 15.3. The van der Waals surface area contributed by atoms with Crippen molar-refractivity contribution in [3.8, 4) is 5.75 Å². The van der Waals surface area contributed by atoms with Crippen molar-refractivity contribution in [3.63, 3.8) is 0 Å². The Morgan fingerprint density at radius 3 is 2.86 bits per heavy atom. The molecular formula is C16H13FN2O2. The van der Waals surface area contributed by atoms with Gasteiger partial charge in [-0.1, -0.05) is 18.2 Å². The molecule has 0 aliphatic carbocycles. The molecule has 0 radical (unpaired) electrons. The van der Waals surface area contributed by atoms with Gasteiger partial charge in [-0.05, 0) is 18.2 Å². The molecule has 1 heterocycles. The fourth-order valence-electron chi connectivity index (χ4n) is 2.18. The number of fused-ring (bicyclic) bond motifs is 1. The monoisotopic (exact) mass is 284 g/mol. The van der Waals surface area contributed by atoms with Gasteiger partial charge in [0.1, 0.15) is 11.6 Å². The Labute approximate surface area is 120 Å². The first-order valence-corrected chi connectivity index (χ1v) is 6.40. The number of aromatic nitrogens is 1. The van der Waals surface area contributed by atoms with Gasteiger partial charge in [-0.25, -0.2) is 4.39 Å². The molecular weight excluding hydrogens is 271 g/mol. The van der Waals surface area contributed by atoms with Crippen LogP contribution in [0.2, 0.25) is 0 Å². The zero-order valence-electron chi connectivity index (χ0n) is 11.3. The second kappa shape index (κ2) is 5.28. The third kappa shape index (κ3) is 2.45. The van der Waals surface area contributed by atoms with Gasteiger partial charge >= 0.3 is 0 Å². The molecule has 0 atom stereocenters. The van der Waals surface area contributed by atoms with E-state index in [1.165, 1.54) is 25.3 Å². The summed E-state index contributed by atoms with van der Waals surface area (Å²) in [6, 6.07) is 11.6. The van der Waals surface area contributed by atoms with Crippen molar-refractivity contribution in [2.45, 2.75) is 0 Å². The van der Waals surface area contributed by atoms with Crippen LogP contribution in [0.15, 0.2) is 48.7 Å². The molecule has 21 heavy (non-hydrogen) atoms. The second-order valence-electron chi connectivity index (χ2n) is 4.55. The van der Waals surface area contributed by atoms with Gasteiger partial charge in [-0.2, -0.15) is 0 Å². The van der Waals surface area contributed by atoms with Crippen molar-refractivity contribution in [1.29, 1.82) is 0 Å². The maximum absolute atomic E-state index is 13.7. The number of ether oxygens (including phenoxy) is 1. The molecule has 0 unspecified atom stereocenters. The van der Waals surface area contributed by atoms with Crippen LogP contribution in [0.4, 0.5) is 10.1 Å². The molecule has 0 spiro atoms. The van der Waals surface area contributed by atoms with Crippen LogP contribution in [-0.2, 0) is 0 Å². The summed E-state index contributed by atoms with van der Waals surface area (Å²) in [5.74, 6) is -0.408. The molecule has 0 aliphatic heterocycles. The topological polar surface area (TPSA) is 54.1 Å². The molecule has 1 aromatic heterocycles. The van der Waals surface area contributed by atoms with E-state index < -0.39 is 5.82 Å². The summed E-state index contributed by atoms with van der Waals surface area (Å²) in [5.41, 5.74) is 1.41. The van der Waals surface area contributed by atoms with Gasteiger partial charge in [-0.15, -0.1) is 0 Å². The molecule has 2 aromatic carbocycles. The lowest BCUT2D eigenvalue weighted by Gasteiger charge is -2.07. The fraction of sp³-hybridized carbons (Fsp3) is 0.0625. The lowest BCUT2D eigenvalue weighted by Crippen LogP contribution is -2.12. The zero-order chi connectivity index (χ0) is 14.8. The van der Waals surface area contributed by atoms with Crippen molar-refractivity contribution in [3.05, 3.63) is 60.0 Å². The largest absolute Gasteiger partial charge is 0.497 e. The van der Waals surface area contributed by atoms with Crippen molar-refractivity contribution < 1.29 is 13.9 Å². The summed E-state index contributed by atoms with van der Waals surface area (Å²) in [5, 5.41) is 3.36. The van der Waals surface area contributed by atoms with Gasteiger partial charge < -0.3 is 15.0 Å². The number of carbonyl (C=O) groups is 1. The first kappa shape index (κ1) is 13.2. The summed E-state index contributed by atoms with van der Waals surface area (Å²) in [6.07, 6.45) is 1.61. The van der Waals surface area contributed by atoms with Crippen LogP contribution in [0.1, 0.15) is 10.4 Å². The Balaban J connectivity index is 1.93. The number of benzene rings is 2. The van der Waals surface area contributed by atoms with E-state index in [2.05, 4.69) is 10.3 Å². The molecule has 0 saturated carbocycles. The first-order chi connectivity index (χ1) is 10.2. The van der Waals surface area contributed by atoms with Crippen LogP contribution in [0.3, 0.4) is 0 Å². The number of hydrogen-bond acceptors (Lipinski definition) is 2. The Morgan fingerprint density at radius 2 is 2.05 bits per heavy atom. The quantitative estimate of drug-likeness (QED) is 0.772. The highest BCUT2D eigenvalue weighted by molar-refractivity contribution is 6.12. The number of H-pyrrole nitrogens is 1. The van der Waals surface area contributed by atoms with Crippen LogP contribution in [0, 0.1) is 5.82 Å². The normalized spacial score (nSPS) is 10.6. The molecule has 3 aromatic rings. The molecule has 0 fully saturated rings. The number of anilines is 1. The minimum atomic E-state index is -0.510. The van der Waals surface area contributed by atoms with Crippen LogP contribution in [0.5, 0.6) is 5.75 Å². The van der Waals surface area contributed by atoms with Gasteiger partial charge in [0, 0.05) is 23.2 Å². The van der Waals surface area contributed by atoms with Gasteiger partial charge in [0.15, 0.2) is 0 Å². The molecule has 106 valence electrons. The number of halogens is 1. The van der Waals surface area contributed by atoms with Gasteiger partial charge in [0.05, 0.1) is 18.4 Å². The van der Waals surface area contributed by atoms with Gasteiger partial charge in [0.2, 0.25) is 0 Å². The van der Waals surface area contributed by atoms with E-state index in [9.17, 15) is 9.18 Å². The van der Waals surface area contributed by atoms with E-state index in [0.717, 1.165) is 10.9 Å². The summed E-state index contributed by atoms with van der Waals surface area (Å²) >= 11 is 0. The summed E-state index contributed by atoms with van der Waals surface area (Å²) < 4.78 is 18.8. The number of methoxy groups -OCH3 is 1. The average Bonchev–Trinajstić information content (AvgIpc) is 2.93. The predicted molar refractivity (Wildman–Crippen MR) is 79.2 cm³/mol. The molecule has 0 aliphatic rings. The SMILES string of the molecule is COc1ccc(F)c(NC(=O)c2c[nH]c3ccccc23)c1. The van der Waals surface area contributed by atoms with Crippen LogP contribution in [-0.4, -0.2) is 18.0 Å². The number of para-hydroxylation sites is 1. The van der Waals surface area contributed by atoms with E-state index in [-0.39, 0.29) is 11.6 Å². The predicted octanol–water partition coefficient (Wildman–Crippen LogP) is 3.57. The highest BCUT2D eigenvalue weighted by atomic mass is 19.1. The Morgan fingerprint density at radius 1 is 1.24 bits per heavy atom.